The number of aliphatic carboxylic acids is 1. The summed E-state index contributed by atoms with van der Waals surface area (Å²) in [5.41, 5.74) is -1.59. The number of carbonyl (C=O) groups excluding carboxylic acids is 3. The van der Waals surface area contributed by atoms with E-state index in [0.717, 1.165) is 51.4 Å². The Bertz CT molecular complexity index is 914. The van der Waals surface area contributed by atoms with Crippen molar-refractivity contribution in [3.8, 4) is 0 Å². The second-order valence-corrected chi connectivity index (χ2v) is 10.8. The molecule has 14 heteroatoms. The molecular weight excluding hydrogens is 578 g/mol. The van der Waals surface area contributed by atoms with Crippen LogP contribution in [0.2, 0.25) is 0 Å². The molecule has 0 aromatic rings. The molecule has 2 N–H and O–H groups in total. The van der Waals surface area contributed by atoms with Crippen LogP contribution in [0.5, 0.6) is 0 Å². The van der Waals surface area contributed by atoms with Crippen LogP contribution in [0.1, 0.15) is 77.6 Å². The summed E-state index contributed by atoms with van der Waals surface area (Å²) >= 11 is 0. The van der Waals surface area contributed by atoms with Crippen LogP contribution in [0.3, 0.4) is 0 Å². The molecule has 0 aliphatic heterocycles. The van der Waals surface area contributed by atoms with E-state index in [4.69, 9.17) is 9.47 Å². The van der Waals surface area contributed by atoms with Crippen LogP contribution in [0.15, 0.2) is 36.5 Å². The largest absolute Gasteiger partial charge is 1.00 e. The van der Waals surface area contributed by atoms with Crippen molar-refractivity contribution in [3.05, 3.63) is 36.5 Å². The molecule has 1 atom stereocenters. The third kappa shape index (κ3) is 23.6. The molecule has 0 aromatic carbocycles. The van der Waals surface area contributed by atoms with Gasteiger partial charge in [0.05, 0.1) is 36.3 Å². The summed E-state index contributed by atoms with van der Waals surface area (Å²) in [4.78, 5) is 34.6. The van der Waals surface area contributed by atoms with Gasteiger partial charge in [-0.25, -0.2) is 8.42 Å². The average molecular weight is 621 g/mol. The van der Waals surface area contributed by atoms with E-state index in [1.165, 1.54) is 0 Å². The maximum absolute atomic E-state index is 12.0. The fourth-order valence-electron chi connectivity index (χ4n) is 3.22. The van der Waals surface area contributed by atoms with E-state index in [1.54, 1.807) is 0 Å². The van der Waals surface area contributed by atoms with Gasteiger partial charge in [0, 0.05) is 6.42 Å². The average Bonchev–Trinajstić information content (AvgIpc) is 2.89. The molecule has 0 saturated carbocycles. The zero-order valence-electron chi connectivity index (χ0n) is 24.6. The zero-order chi connectivity index (χ0) is 29.6. The second kappa shape index (κ2) is 27.0. The van der Waals surface area contributed by atoms with Gasteiger partial charge in [-0.05, 0) is 38.5 Å². The molecule has 1 unspecified atom stereocenters. The predicted octanol–water partition coefficient (Wildman–Crippen LogP) is -4.30. The number of carboxylic acids is 1. The number of ether oxygens (including phenoxy) is 2. The number of esters is 2. The Morgan fingerprint density at radius 2 is 1.29 bits per heavy atom. The van der Waals surface area contributed by atoms with Crippen LogP contribution in [0.4, 0.5) is 0 Å². The molecule has 0 amide bonds. The van der Waals surface area contributed by atoms with Crippen LogP contribution in [-0.4, -0.2) is 72.8 Å². The number of aliphatic hydroxyl groups excluding tert-OH is 2. The van der Waals surface area contributed by atoms with E-state index >= 15 is 0 Å². The first-order chi connectivity index (χ1) is 18.5. The summed E-state index contributed by atoms with van der Waals surface area (Å²) in [6.45, 7) is -0.599. The number of unbranched alkanes of at least 4 members (excludes halogenated alkanes) is 5. The summed E-state index contributed by atoms with van der Waals surface area (Å²) in [5.74, 6) is -4.19. The van der Waals surface area contributed by atoms with Crippen LogP contribution in [-0.2, 0) is 34.0 Å². The first-order valence-corrected chi connectivity index (χ1v) is 14.6. The molecule has 0 aliphatic rings. The Labute approximate surface area is 288 Å². The Morgan fingerprint density at radius 1 is 0.805 bits per heavy atom. The molecule has 11 nitrogen and oxygen atoms in total. The van der Waals surface area contributed by atoms with Gasteiger partial charge in [-0.3, -0.25) is 9.59 Å². The third-order valence-corrected chi connectivity index (χ3v) is 6.80. The quantitative estimate of drug-likeness (QED) is 0.0370. The zero-order valence-corrected chi connectivity index (χ0v) is 29.4. The van der Waals surface area contributed by atoms with Gasteiger partial charge < -0.3 is 34.1 Å². The van der Waals surface area contributed by atoms with Gasteiger partial charge in [0.2, 0.25) is 0 Å². The van der Waals surface area contributed by atoms with E-state index in [0.29, 0.717) is 6.42 Å². The number of allylic oxidation sites excluding steroid dienone is 6. The first kappa shape index (κ1) is 44.9. The van der Waals surface area contributed by atoms with Crippen molar-refractivity contribution in [2.45, 2.75) is 82.8 Å². The number of hydrogen-bond donors (Lipinski definition) is 2. The minimum Gasteiger partial charge on any atom is -0.747 e. The van der Waals surface area contributed by atoms with Crippen LogP contribution < -0.4 is 64.2 Å². The van der Waals surface area contributed by atoms with Gasteiger partial charge in [0.1, 0.15) is 23.3 Å². The second-order valence-electron chi connectivity index (χ2n) is 9.24. The van der Waals surface area contributed by atoms with E-state index in [1.807, 2.05) is 0 Å². The van der Waals surface area contributed by atoms with Crippen molar-refractivity contribution in [1.29, 1.82) is 0 Å². The Balaban J connectivity index is -0.00000722. The predicted molar refractivity (Wildman–Crippen MR) is 141 cm³/mol. The van der Waals surface area contributed by atoms with Gasteiger partial charge in [-0.2, -0.15) is 0 Å². The van der Waals surface area contributed by atoms with Crippen molar-refractivity contribution in [2.24, 2.45) is 5.41 Å². The summed E-state index contributed by atoms with van der Waals surface area (Å²) in [7, 11) is -5.36. The summed E-state index contributed by atoms with van der Waals surface area (Å²) in [5, 5.41) is 27.4. The Kier molecular flexibility index (Phi) is 29.6. The van der Waals surface area contributed by atoms with E-state index in [2.05, 4.69) is 43.4 Å². The van der Waals surface area contributed by atoms with Crippen molar-refractivity contribution in [1.82, 2.24) is 0 Å². The molecule has 0 fully saturated rings. The van der Waals surface area contributed by atoms with Gasteiger partial charge in [0.25, 0.3) is 0 Å². The monoisotopic (exact) mass is 620 g/mol. The van der Waals surface area contributed by atoms with Crippen molar-refractivity contribution in [2.75, 3.05) is 26.4 Å². The summed E-state index contributed by atoms with van der Waals surface area (Å²) in [6, 6.07) is 0. The van der Waals surface area contributed by atoms with Gasteiger partial charge in [-0.1, -0.05) is 62.6 Å². The van der Waals surface area contributed by atoms with Crippen LogP contribution >= 0.6 is 0 Å². The molecule has 0 rings (SSSR count). The Morgan fingerprint density at radius 3 is 1.80 bits per heavy atom. The number of hydrogen-bond acceptors (Lipinski definition) is 11. The van der Waals surface area contributed by atoms with Gasteiger partial charge in [-0.15, -0.1) is 0 Å². The van der Waals surface area contributed by atoms with E-state index in [-0.39, 0.29) is 65.5 Å². The van der Waals surface area contributed by atoms with Crippen molar-refractivity contribution < 1.29 is 111 Å². The topological polar surface area (TPSA) is 190 Å². The summed E-state index contributed by atoms with van der Waals surface area (Å²) < 4.78 is 42.6. The standard InChI is InChI=1S/C27H44O11S.2Na/c1-2-3-4-5-6-7-8-9-10-11-12-13-14-15-16-17-24(30)37-21-27(19-28,20-29)22-38-25(31)18-23(26(32)33)39(34,35)36;;/h3-4,6-7,9-10,23,28-29H,2,5,8,11-22H2,1H3,(H,32,33)(H,34,35,36);;/q;2*+1/p-2. The summed E-state index contributed by atoms with van der Waals surface area (Å²) in [6.07, 6.45) is 20.2. The van der Waals surface area contributed by atoms with Crippen LogP contribution in [0.25, 0.3) is 0 Å². The molecule has 0 aromatic heterocycles. The number of aliphatic hydroxyl groups is 2. The molecular formula is C27H42Na2O11S. The maximum atomic E-state index is 12.0. The fourth-order valence-corrected chi connectivity index (χ4v) is 3.79. The SMILES string of the molecule is CCC=CCC=CCC=CCCCCCCCC(=O)OCC(CO)(CO)COC(=O)CC(C(=O)[O-])S(=O)(=O)[O-].[Na+].[Na+]. The minimum absolute atomic E-state index is 0. The van der Waals surface area contributed by atoms with Crippen molar-refractivity contribution in [3.63, 3.8) is 0 Å². The maximum Gasteiger partial charge on any atom is 1.00 e. The third-order valence-electron chi connectivity index (χ3n) is 5.74. The molecule has 0 spiro atoms. The molecule has 0 aliphatic carbocycles. The molecule has 41 heavy (non-hydrogen) atoms. The van der Waals surface area contributed by atoms with E-state index in [9.17, 15) is 42.7 Å². The minimum atomic E-state index is -5.36. The number of carbonyl (C=O) groups is 3. The molecule has 0 bridgehead atoms. The first-order valence-electron chi connectivity index (χ1n) is 13.1. The number of rotatable bonds is 23. The van der Waals surface area contributed by atoms with Crippen molar-refractivity contribution >= 4 is 28.0 Å². The van der Waals surface area contributed by atoms with Crippen LogP contribution in [0, 0.1) is 5.41 Å². The Hall–Kier alpha value is -0.540. The normalized spacial score (nSPS) is 12.7. The number of carboxylic acid groups (broad SMARTS) is 1. The molecule has 0 heterocycles. The van der Waals surface area contributed by atoms with Gasteiger partial charge in [0.15, 0.2) is 0 Å². The fraction of sp³-hybridized carbons (Fsp3) is 0.667. The molecule has 0 radical (unpaired) electrons. The smallest absolute Gasteiger partial charge is 0.747 e. The molecule has 224 valence electrons. The van der Waals surface area contributed by atoms with E-state index < -0.39 is 71.5 Å². The van der Waals surface area contributed by atoms with Gasteiger partial charge >= 0.3 is 71.1 Å². The molecule has 0 saturated heterocycles.